The smallest absolute Gasteiger partial charge is 0.267 e. The van der Waals surface area contributed by atoms with Gasteiger partial charge in [-0.25, -0.2) is 4.98 Å². The average Bonchev–Trinajstić information content (AvgIpc) is 3.05. The van der Waals surface area contributed by atoms with E-state index in [2.05, 4.69) is 40.1 Å². The Morgan fingerprint density at radius 3 is 3.05 bits per heavy atom. The summed E-state index contributed by atoms with van der Waals surface area (Å²) in [7, 11) is 0. The van der Waals surface area contributed by atoms with Crippen LogP contribution in [0.4, 0.5) is 0 Å². The van der Waals surface area contributed by atoms with Gasteiger partial charge in [-0.3, -0.25) is 4.79 Å². The fraction of sp³-hybridized carbons (Fsp3) is 0.429. The molecule has 0 bridgehead atoms. The molecule has 0 saturated heterocycles. The molecule has 0 aromatic carbocycles. The third-order valence-electron chi connectivity index (χ3n) is 3.00. The number of thiazole rings is 1. The molecule has 1 atom stereocenters. The fourth-order valence-electron chi connectivity index (χ4n) is 1.99. The zero-order valence-electron chi connectivity index (χ0n) is 11.6. The van der Waals surface area contributed by atoms with E-state index in [4.69, 9.17) is 0 Å². The Morgan fingerprint density at radius 1 is 1.60 bits per heavy atom. The Kier molecular flexibility index (Phi) is 5.37. The van der Waals surface area contributed by atoms with E-state index in [1.807, 2.05) is 22.2 Å². The fourth-order valence-corrected chi connectivity index (χ4v) is 3.16. The summed E-state index contributed by atoms with van der Waals surface area (Å²) in [6.07, 6.45) is 4.74. The van der Waals surface area contributed by atoms with Crippen LogP contribution >= 0.6 is 27.3 Å². The molecular weight excluding hydrogens is 338 g/mol. The van der Waals surface area contributed by atoms with Crippen LogP contribution in [0.3, 0.4) is 0 Å². The highest BCUT2D eigenvalue weighted by Gasteiger charge is 2.15. The van der Waals surface area contributed by atoms with Gasteiger partial charge in [0.25, 0.3) is 5.91 Å². The van der Waals surface area contributed by atoms with Crippen molar-refractivity contribution in [1.29, 1.82) is 0 Å². The van der Waals surface area contributed by atoms with Crippen LogP contribution in [0.25, 0.3) is 0 Å². The van der Waals surface area contributed by atoms with Crippen molar-refractivity contribution < 1.29 is 4.79 Å². The highest BCUT2D eigenvalue weighted by Crippen LogP contribution is 2.18. The molecule has 0 radical (unpaired) electrons. The summed E-state index contributed by atoms with van der Waals surface area (Å²) in [6, 6.07) is 1.86. The van der Waals surface area contributed by atoms with Crippen molar-refractivity contribution >= 4 is 33.2 Å². The van der Waals surface area contributed by atoms with E-state index >= 15 is 0 Å². The van der Waals surface area contributed by atoms with Crippen molar-refractivity contribution in [3.63, 3.8) is 0 Å². The molecule has 0 aliphatic heterocycles. The van der Waals surface area contributed by atoms with Gasteiger partial charge >= 0.3 is 0 Å². The molecule has 1 unspecified atom stereocenters. The SMILES string of the molecule is CCCn1cc(Br)cc1C(=O)NCC(C)c1nccs1. The van der Waals surface area contributed by atoms with Crippen LogP contribution in [0.1, 0.15) is 41.7 Å². The second-order valence-electron chi connectivity index (χ2n) is 4.72. The maximum absolute atomic E-state index is 12.3. The first kappa shape index (κ1) is 15.3. The van der Waals surface area contributed by atoms with Gasteiger partial charge < -0.3 is 9.88 Å². The minimum Gasteiger partial charge on any atom is -0.350 e. The Labute approximate surface area is 131 Å². The maximum Gasteiger partial charge on any atom is 0.267 e. The Bertz CT molecular complexity index is 565. The van der Waals surface area contributed by atoms with Gasteiger partial charge in [0, 0.05) is 41.3 Å². The lowest BCUT2D eigenvalue weighted by molar-refractivity contribution is 0.0942. The number of nitrogens with one attached hydrogen (secondary N) is 1. The number of nitrogens with zero attached hydrogens (tertiary/aromatic N) is 2. The standard InChI is InChI=1S/C14H18BrN3OS/c1-3-5-18-9-11(15)7-12(18)13(19)17-8-10(2)14-16-4-6-20-14/h4,6-7,9-10H,3,5,8H2,1-2H3,(H,17,19). The van der Waals surface area contributed by atoms with E-state index in [9.17, 15) is 4.79 Å². The molecule has 6 heteroatoms. The van der Waals surface area contributed by atoms with E-state index in [0.717, 1.165) is 22.4 Å². The summed E-state index contributed by atoms with van der Waals surface area (Å²) < 4.78 is 2.91. The number of rotatable bonds is 6. The molecule has 0 aliphatic carbocycles. The molecule has 1 amide bonds. The Morgan fingerprint density at radius 2 is 2.40 bits per heavy atom. The number of hydrogen-bond donors (Lipinski definition) is 1. The quantitative estimate of drug-likeness (QED) is 0.859. The predicted molar refractivity (Wildman–Crippen MR) is 85.3 cm³/mol. The van der Waals surface area contributed by atoms with Gasteiger partial charge in [-0.1, -0.05) is 13.8 Å². The second-order valence-corrected chi connectivity index (χ2v) is 6.56. The summed E-state index contributed by atoms with van der Waals surface area (Å²) in [4.78, 5) is 16.5. The predicted octanol–water partition coefficient (Wildman–Crippen LogP) is 3.65. The topological polar surface area (TPSA) is 46.9 Å². The van der Waals surface area contributed by atoms with Crippen LogP contribution in [0.15, 0.2) is 28.3 Å². The highest BCUT2D eigenvalue weighted by atomic mass is 79.9. The van der Waals surface area contributed by atoms with Gasteiger partial charge in [-0.15, -0.1) is 11.3 Å². The first-order valence-corrected chi connectivity index (χ1v) is 8.32. The number of hydrogen-bond acceptors (Lipinski definition) is 3. The molecule has 2 rings (SSSR count). The monoisotopic (exact) mass is 355 g/mol. The number of amides is 1. The summed E-state index contributed by atoms with van der Waals surface area (Å²) in [5.41, 5.74) is 0.699. The zero-order valence-corrected chi connectivity index (χ0v) is 14.0. The molecule has 0 fully saturated rings. The van der Waals surface area contributed by atoms with Crippen LogP contribution in [0, 0.1) is 0 Å². The largest absolute Gasteiger partial charge is 0.350 e. The van der Waals surface area contributed by atoms with Crippen LogP contribution < -0.4 is 5.32 Å². The molecule has 2 aromatic heterocycles. The highest BCUT2D eigenvalue weighted by molar-refractivity contribution is 9.10. The molecule has 1 N–H and O–H groups in total. The molecule has 108 valence electrons. The number of aryl methyl sites for hydroxylation is 1. The lowest BCUT2D eigenvalue weighted by Crippen LogP contribution is -2.29. The van der Waals surface area contributed by atoms with Gasteiger partial charge in [0.1, 0.15) is 5.69 Å². The number of halogens is 1. The van der Waals surface area contributed by atoms with Crippen molar-refractivity contribution in [3.05, 3.63) is 39.0 Å². The van der Waals surface area contributed by atoms with Gasteiger partial charge in [0.05, 0.1) is 5.01 Å². The van der Waals surface area contributed by atoms with Crippen LogP contribution in [0.2, 0.25) is 0 Å². The van der Waals surface area contributed by atoms with Crippen LogP contribution in [-0.4, -0.2) is 22.0 Å². The van der Waals surface area contributed by atoms with Crippen molar-refractivity contribution in [1.82, 2.24) is 14.9 Å². The van der Waals surface area contributed by atoms with Gasteiger partial charge in [0.15, 0.2) is 0 Å². The number of carbonyl (C=O) groups excluding carboxylic acids is 1. The van der Waals surface area contributed by atoms with Gasteiger partial charge in [-0.05, 0) is 28.4 Å². The van der Waals surface area contributed by atoms with E-state index in [1.165, 1.54) is 0 Å². The van der Waals surface area contributed by atoms with E-state index in [-0.39, 0.29) is 11.8 Å². The summed E-state index contributed by atoms with van der Waals surface area (Å²) in [5.74, 6) is 0.199. The molecular formula is C14H18BrN3OS. The minimum atomic E-state index is -0.0347. The zero-order chi connectivity index (χ0) is 14.5. The maximum atomic E-state index is 12.3. The lowest BCUT2D eigenvalue weighted by Gasteiger charge is -2.11. The van der Waals surface area contributed by atoms with Gasteiger partial charge in [0.2, 0.25) is 0 Å². The normalized spacial score (nSPS) is 12.3. The van der Waals surface area contributed by atoms with Gasteiger partial charge in [-0.2, -0.15) is 0 Å². The Balaban J connectivity index is 1.98. The molecule has 20 heavy (non-hydrogen) atoms. The van der Waals surface area contributed by atoms with E-state index in [0.29, 0.717) is 12.2 Å². The Hall–Kier alpha value is -1.14. The number of carbonyl (C=O) groups is 1. The molecule has 0 aliphatic rings. The molecule has 2 aromatic rings. The van der Waals surface area contributed by atoms with Crippen molar-refractivity contribution in [3.8, 4) is 0 Å². The molecule has 0 saturated carbocycles. The molecule has 4 nitrogen and oxygen atoms in total. The third kappa shape index (κ3) is 3.70. The second kappa shape index (κ2) is 7.04. The summed E-state index contributed by atoms with van der Waals surface area (Å²) in [5, 5.41) is 5.99. The van der Waals surface area contributed by atoms with Crippen molar-refractivity contribution in [2.75, 3.05) is 6.54 Å². The van der Waals surface area contributed by atoms with Crippen LogP contribution in [-0.2, 0) is 6.54 Å². The van der Waals surface area contributed by atoms with Crippen LogP contribution in [0.5, 0.6) is 0 Å². The summed E-state index contributed by atoms with van der Waals surface area (Å²) >= 11 is 5.04. The summed E-state index contributed by atoms with van der Waals surface area (Å²) in [6.45, 7) is 5.61. The first-order chi connectivity index (χ1) is 9.61. The van der Waals surface area contributed by atoms with Crippen molar-refractivity contribution in [2.45, 2.75) is 32.7 Å². The molecule has 0 spiro atoms. The lowest BCUT2D eigenvalue weighted by atomic mass is 10.2. The average molecular weight is 356 g/mol. The minimum absolute atomic E-state index is 0.0347. The third-order valence-corrected chi connectivity index (χ3v) is 4.44. The van der Waals surface area contributed by atoms with E-state index < -0.39 is 0 Å². The first-order valence-electron chi connectivity index (χ1n) is 6.65. The van der Waals surface area contributed by atoms with E-state index in [1.54, 1.807) is 17.5 Å². The molecule has 2 heterocycles. The number of aromatic nitrogens is 2. The van der Waals surface area contributed by atoms with Crippen molar-refractivity contribution in [2.24, 2.45) is 0 Å².